The van der Waals surface area contributed by atoms with Crippen molar-refractivity contribution < 1.29 is 9.53 Å². The number of carbonyl (C=O) groups excluding carboxylic acids is 1. The van der Waals surface area contributed by atoms with Gasteiger partial charge in [0.1, 0.15) is 0 Å². The van der Waals surface area contributed by atoms with Gasteiger partial charge in [-0.25, -0.2) is 0 Å². The van der Waals surface area contributed by atoms with Gasteiger partial charge in [0, 0.05) is 0 Å². The molecule has 0 aliphatic heterocycles. The van der Waals surface area contributed by atoms with Crippen LogP contribution in [0.5, 0.6) is 0 Å². The van der Waals surface area contributed by atoms with Crippen molar-refractivity contribution in [2.45, 2.75) is 21.0 Å². The van der Waals surface area contributed by atoms with Crippen LogP contribution in [0, 0.1) is 5.92 Å². The van der Waals surface area contributed by atoms with Gasteiger partial charge in [-0.05, 0) is 0 Å². The Bertz CT molecular complexity index is 112. The molecular weight excluding hydrogens is 238 g/mol. The molecule has 0 saturated heterocycles. The minimum absolute atomic E-state index is 0.0572. The Kier molecular flexibility index (Phi) is 5.15. The van der Waals surface area contributed by atoms with Crippen molar-refractivity contribution in [3.05, 3.63) is 0 Å². The van der Waals surface area contributed by atoms with Crippen LogP contribution >= 0.6 is 0 Å². The second-order valence-corrected chi connectivity index (χ2v) is 9.89. The summed E-state index contributed by atoms with van der Waals surface area (Å²) in [5.74, 6) is 0.0706. The van der Waals surface area contributed by atoms with E-state index in [0.717, 1.165) is 4.37 Å². The number of hydrogen-bond acceptors (Lipinski definition) is 2. The van der Waals surface area contributed by atoms with Crippen molar-refractivity contribution in [3.63, 3.8) is 0 Å². The summed E-state index contributed by atoms with van der Waals surface area (Å²) >= 11 is -0.972. The average molecular weight is 253 g/mol. The summed E-state index contributed by atoms with van der Waals surface area (Å²) in [4.78, 5) is 15.4. The summed E-state index contributed by atoms with van der Waals surface area (Å²) < 4.78 is 5.70. The standard InChI is InChI=1S/C5H9O2.2CH3.Sb/c1-4(2)5(6)7-3;;;/h4H,1H2,2-3H3;2*1H3;. The van der Waals surface area contributed by atoms with E-state index in [1.165, 1.54) is 7.11 Å². The molecule has 1 atom stereocenters. The van der Waals surface area contributed by atoms with Gasteiger partial charge < -0.3 is 0 Å². The van der Waals surface area contributed by atoms with Crippen LogP contribution in [0.4, 0.5) is 0 Å². The molecule has 0 heterocycles. The zero-order valence-electron chi connectivity index (χ0n) is 7.05. The van der Waals surface area contributed by atoms with Crippen LogP contribution < -0.4 is 0 Å². The average Bonchev–Trinajstić information content (AvgIpc) is 1.85. The van der Waals surface area contributed by atoms with E-state index in [1.807, 2.05) is 6.92 Å². The minimum atomic E-state index is -0.972. The predicted octanol–water partition coefficient (Wildman–Crippen LogP) is 1.55. The quantitative estimate of drug-likeness (QED) is 0.563. The van der Waals surface area contributed by atoms with Gasteiger partial charge >= 0.3 is 69.8 Å². The Labute approximate surface area is 69.9 Å². The molecule has 0 aliphatic rings. The molecule has 0 saturated carbocycles. The normalized spacial score (nSPS) is 13.3. The fraction of sp³-hybridized carbons (Fsp3) is 0.857. The maximum absolute atomic E-state index is 10.9. The van der Waals surface area contributed by atoms with E-state index >= 15 is 0 Å². The molecule has 0 N–H and O–H groups in total. The molecule has 2 nitrogen and oxygen atoms in total. The van der Waals surface area contributed by atoms with Gasteiger partial charge in [0.2, 0.25) is 0 Å². The van der Waals surface area contributed by atoms with Crippen LogP contribution in [0.2, 0.25) is 14.1 Å². The number of carbonyl (C=O) groups is 1. The van der Waals surface area contributed by atoms with E-state index in [1.54, 1.807) is 0 Å². The van der Waals surface area contributed by atoms with Gasteiger partial charge in [0.15, 0.2) is 0 Å². The topological polar surface area (TPSA) is 26.3 Å². The summed E-state index contributed by atoms with van der Waals surface area (Å²) in [6.45, 7) is 1.94. The van der Waals surface area contributed by atoms with E-state index in [2.05, 4.69) is 14.5 Å². The number of hydrogen-bond donors (Lipinski definition) is 0. The zero-order chi connectivity index (χ0) is 8.15. The van der Waals surface area contributed by atoms with Crippen LogP contribution in [0.25, 0.3) is 0 Å². The van der Waals surface area contributed by atoms with Gasteiger partial charge in [-0.15, -0.1) is 0 Å². The van der Waals surface area contributed by atoms with Crippen molar-refractivity contribution in [1.82, 2.24) is 0 Å². The summed E-state index contributed by atoms with van der Waals surface area (Å²) in [6, 6.07) is 0. The van der Waals surface area contributed by atoms with Gasteiger partial charge in [0.25, 0.3) is 0 Å². The molecule has 3 heteroatoms. The monoisotopic (exact) mass is 252 g/mol. The Morgan fingerprint density at radius 1 is 1.60 bits per heavy atom. The van der Waals surface area contributed by atoms with Gasteiger partial charge in [-0.1, -0.05) is 0 Å². The Balaban J connectivity index is 3.61. The van der Waals surface area contributed by atoms with E-state index in [9.17, 15) is 4.79 Å². The van der Waals surface area contributed by atoms with Crippen LogP contribution in [-0.2, 0) is 9.53 Å². The molecule has 0 aromatic heterocycles. The molecule has 0 radical (unpaired) electrons. The summed E-state index contributed by atoms with van der Waals surface area (Å²) in [6.07, 6.45) is 0. The van der Waals surface area contributed by atoms with E-state index < -0.39 is 20.2 Å². The molecule has 0 spiro atoms. The number of rotatable bonds is 3. The molecule has 0 rings (SSSR count). The molecule has 0 bridgehead atoms. The van der Waals surface area contributed by atoms with Gasteiger partial charge in [-0.3, -0.25) is 0 Å². The second kappa shape index (κ2) is 5.01. The summed E-state index contributed by atoms with van der Waals surface area (Å²) in [7, 11) is 1.45. The third-order valence-corrected chi connectivity index (χ3v) is 4.89. The van der Waals surface area contributed by atoms with Crippen LogP contribution in [0.1, 0.15) is 6.92 Å². The zero-order valence-corrected chi connectivity index (χ0v) is 9.60. The first-order valence-corrected chi connectivity index (χ1v) is 10.2. The molecule has 0 aliphatic carbocycles. The molecule has 1 unspecified atom stereocenters. The number of esters is 1. The molecule has 0 amide bonds. The van der Waals surface area contributed by atoms with E-state index in [4.69, 9.17) is 0 Å². The third kappa shape index (κ3) is 4.16. The van der Waals surface area contributed by atoms with E-state index in [0.29, 0.717) is 0 Å². The first-order chi connectivity index (χ1) is 4.57. The number of ether oxygens (including phenoxy) is 1. The SMILES string of the molecule is COC(=O)C(C)[CH2][Sb]([CH3])[CH3]. The van der Waals surface area contributed by atoms with Crippen LogP contribution in [0.3, 0.4) is 0 Å². The van der Waals surface area contributed by atoms with Gasteiger partial charge in [0.05, 0.1) is 0 Å². The molecule has 0 fully saturated rings. The van der Waals surface area contributed by atoms with Crippen molar-refractivity contribution in [2.75, 3.05) is 7.11 Å². The molecular formula is C7H15O2Sb. The first-order valence-electron chi connectivity index (χ1n) is 3.30. The number of methoxy groups -OCH3 is 1. The molecule has 0 aromatic carbocycles. The maximum atomic E-state index is 10.9. The van der Waals surface area contributed by atoms with Crippen molar-refractivity contribution in [3.8, 4) is 0 Å². The predicted molar refractivity (Wildman–Crippen MR) is 43.5 cm³/mol. The van der Waals surface area contributed by atoms with Crippen molar-refractivity contribution in [2.24, 2.45) is 5.92 Å². The Hall–Kier alpha value is 0.288. The van der Waals surface area contributed by atoms with Crippen molar-refractivity contribution in [1.29, 1.82) is 0 Å². The summed E-state index contributed by atoms with van der Waals surface area (Å²) in [5, 5.41) is 0. The second-order valence-electron chi connectivity index (χ2n) is 2.69. The summed E-state index contributed by atoms with van der Waals surface area (Å²) in [5.41, 5.74) is 0. The fourth-order valence-corrected chi connectivity index (χ4v) is 4.38. The van der Waals surface area contributed by atoms with Crippen LogP contribution in [-0.4, -0.2) is 33.3 Å². The third-order valence-electron chi connectivity index (χ3n) is 1.24. The molecule has 0 aromatic rings. The van der Waals surface area contributed by atoms with E-state index in [-0.39, 0.29) is 11.9 Å². The first kappa shape index (κ1) is 10.3. The van der Waals surface area contributed by atoms with Crippen molar-refractivity contribution >= 4 is 26.2 Å². The fourth-order valence-electron chi connectivity index (χ4n) is 0.823. The Morgan fingerprint density at radius 2 is 2.10 bits per heavy atom. The molecule has 60 valence electrons. The Morgan fingerprint density at radius 3 is 2.40 bits per heavy atom. The van der Waals surface area contributed by atoms with Gasteiger partial charge in [-0.2, -0.15) is 0 Å². The van der Waals surface area contributed by atoms with Crippen LogP contribution in [0.15, 0.2) is 0 Å². The molecule has 10 heavy (non-hydrogen) atoms.